The Morgan fingerprint density at radius 3 is 2.89 bits per heavy atom. The molecule has 1 aromatic rings. The highest BCUT2D eigenvalue weighted by atomic mass is 79.9. The second-order valence-corrected chi connectivity index (χ2v) is 5.03. The molecule has 4 nitrogen and oxygen atoms in total. The second-order valence-electron chi connectivity index (χ2n) is 4.11. The number of carbonyl (C=O) groups is 1. The van der Waals surface area contributed by atoms with Crippen LogP contribution in [0.15, 0.2) is 22.7 Å². The highest BCUT2D eigenvalue weighted by Gasteiger charge is 2.12. The van der Waals surface area contributed by atoms with Gasteiger partial charge in [0.15, 0.2) is 0 Å². The number of hydrogen-bond acceptors (Lipinski definition) is 2. The van der Waals surface area contributed by atoms with Crippen molar-refractivity contribution < 1.29 is 14.3 Å². The molecule has 1 rings (SSSR count). The summed E-state index contributed by atoms with van der Waals surface area (Å²) in [7, 11) is 1.59. The van der Waals surface area contributed by atoms with E-state index in [0.29, 0.717) is 17.4 Å². The van der Waals surface area contributed by atoms with Crippen LogP contribution in [-0.2, 0) is 0 Å². The van der Waals surface area contributed by atoms with Crippen LogP contribution < -0.4 is 5.32 Å². The first-order valence-electron chi connectivity index (χ1n) is 5.55. The molecule has 0 bridgehead atoms. The number of amides is 2. The van der Waals surface area contributed by atoms with Gasteiger partial charge in [-0.05, 0) is 31.5 Å². The van der Waals surface area contributed by atoms with Gasteiger partial charge in [-0.25, -0.2) is 9.18 Å². The maximum Gasteiger partial charge on any atom is 0.321 e. The number of nitrogens with zero attached hydrogens (tertiary/aromatic N) is 1. The zero-order chi connectivity index (χ0) is 13.7. The molecule has 2 amide bonds. The molecule has 18 heavy (non-hydrogen) atoms. The van der Waals surface area contributed by atoms with Crippen LogP contribution in [0.2, 0.25) is 0 Å². The van der Waals surface area contributed by atoms with E-state index in [2.05, 4.69) is 21.2 Å². The summed E-state index contributed by atoms with van der Waals surface area (Å²) < 4.78 is 14.1. The predicted octanol–water partition coefficient (Wildman–Crippen LogP) is 2.82. The Bertz CT molecular complexity index is 427. The topological polar surface area (TPSA) is 52.6 Å². The van der Waals surface area contributed by atoms with Crippen molar-refractivity contribution >= 4 is 27.6 Å². The Morgan fingerprint density at radius 1 is 1.61 bits per heavy atom. The third-order valence-corrected chi connectivity index (χ3v) is 2.89. The highest BCUT2D eigenvalue weighted by molar-refractivity contribution is 9.10. The number of carbonyl (C=O) groups excluding carboxylic acids is 1. The summed E-state index contributed by atoms with van der Waals surface area (Å²) in [6.07, 6.45) is 0.00749. The number of anilines is 1. The molecule has 0 aliphatic carbocycles. The fourth-order valence-corrected chi connectivity index (χ4v) is 1.65. The minimum atomic E-state index is -0.490. The number of urea groups is 1. The minimum absolute atomic E-state index is 0.123. The van der Waals surface area contributed by atoms with Crippen LogP contribution in [0.3, 0.4) is 0 Å². The normalized spacial score (nSPS) is 12.1. The van der Waals surface area contributed by atoms with Gasteiger partial charge in [0, 0.05) is 18.1 Å². The first-order chi connectivity index (χ1) is 8.40. The Hall–Kier alpha value is -1.14. The van der Waals surface area contributed by atoms with E-state index in [1.54, 1.807) is 20.0 Å². The van der Waals surface area contributed by atoms with Gasteiger partial charge >= 0.3 is 6.03 Å². The Morgan fingerprint density at radius 2 is 2.28 bits per heavy atom. The van der Waals surface area contributed by atoms with Crippen molar-refractivity contribution in [1.29, 1.82) is 0 Å². The van der Waals surface area contributed by atoms with Crippen molar-refractivity contribution in [2.75, 3.05) is 18.9 Å². The fraction of sp³-hybridized carbons (Fsp3) is 0.417. The van der Waals surface area contributed by atoms with E-state index in [-0.39, 0.29) is 5.69 Å². The van der Waals surface area contributed by atoms with Crippen LogP contribution in [-0.4, -0.2) is 35.7 Å². The summed E-state index contributed by atoms with van der Waals surface area (Å²) in [5.41, 5.74) is 0.123. The molecule has 0 saturated carbocycles. The van der Waals surface area contributed by atoms with Crippen molar-refractivity contribution in [3.63, 3.8) is 0 Å². The van der Waals surface area contributed by atoms with E-state index in [1.165, 1.54) is 17.0 Å². The lowest BCUT2D eigenvalue weighted by Crippen LogP contribution is -2.33. The van der Waals surface area contributed by atoms with Crippen molar-refractivity contribution in [3.8, 4) is 0 Å². The predicted molar refractivity (Wildman–Crippen MR) is 72.0 cm³/mol. The van der Waals surface area contributed by atoms with Crippen molar-refractivity contribution in [2.45, 2.75) is 19.4 Å². The summed E-state index contributed by atoms with van der Waals surface area (Å²) in [6.45, 7) is 2.05. The first-order valence-corrected chi connectivity index (χ1v) is 6.34. The molecular weight excluding hydrogens is 303 g/mol. The molecule has 1 atom stereocenters. The number of nitrogens with one attached hydrogen (secondary N) is 1. The molecule has 2 N–H and O–H groups in total. The number of aliphatic hydroxyl groups is 1. The van der Waals surface area contributed by atoms with Crippen LogP contribution in [0.5, 0.6) is 0 Å². The molecule has 100 valence electrons. The smallest absolute Gasteiger partial charge is 0.321 e. The van der Waals surface area contributed by atoms with Gasteiger partial charge in [0.2, 0.25) is 0 Å². The van der Waals surface area contributed by atoms with Crippen LogP contribution in [0.4, 0.5) is 14.9 Å². The Labute approximate surface area is 114 Å². The van der Waals surface area contributed by atoms with Gasteiger partial charge in [0.25, 0.3) is 0 Å². The Kier molecular flexibility index (Phi) is 5.55. The van der Waals surface area contributed by atoms with Gasteiger partial charge in [-0.3, -0.25) is 0 Å². The molecule has 0 aromatic heterocycles. The molecule has 0 radical (unpaired) electrons. The molecule has 1 aromatic carbocycles. The summed E-state index contributed by atoms with van der Waals surface area (Å²) >= 11 is 3.21. The average Bonchev–Trinajstić information content (AvgIpc) is 2.30. The van der Waals surface area contributed by atoms with E-state index in [0.717, 1.165) is 0 Å². The summed E-state index contributed by atoms with van der Waals surface area (Å²) in [6, 6.07) is 3.92. The van der Waals surface area contributed by atoms with E-state index in [1.807, 2.05) is 0 Å². The highest BCUT2D eigenvalue weighted by Crippen LogP contribution is 2.20. The standard InChI is InChI=1S/C12H16BrFN2O2/c1-8(17)5-6-16(2)12(18)15-11-7-9(13)3-4-10(11)14/h3-4,7-8,17H,5-6H2,1-2H3,(H,15,18). The van der Waals surface area contributed by atoms with Crippen LogP contribution in [0.25, 0.3) is 0 Å². The van der Waals surface area contributed by atoms with E-state index in [9.17, 15) is 9.18 Å². The van der Waals surface area contributed by atoms with Gasteiger partial charge in [0.1, 0.15) is 5.82 Å². The van der Waals surface area contributed by atoms with Crippen LogP contribution in [0.1, 0.15) is 13.3 Å². The SMILES string of the molecule is CC(O)CCN(C)C(=O)Nc1cc(Br)ccc1F. The van der Waals surface area contributed by atoms with Gasteiger partial charge < -0.3 is 15.3 Å². The van der Waals surface area contributed by atoms with E-state index >= 15 is 0 Å². The quantitative estimate of drug-likeness (QED) is 0.897. The summed E-state index contributed by atoms with van der Waals surface area (Å²) in [5, 5.41) is 11.6. The van der Waals surface area contributed by atoms with Crippen LogP contribution in [0, 0.1) is 5.82 Å². The number of halogens is 2. The molecule has 0 fully saturated rings. The van der Waals surface area contributed by atoms with Crippen molar-refractivity contribution in [3.05, 3.63) is 28.5 Å². The molecule has 0 aliphatic rings. The second kappa shape index (κ2) is 6.70. The molecule has 0 spiro atoms. The van der Waals surface area contributed by atoms with Crippen molar-refractivity contribution in [2.24, 2.45) is 0 Å². The third kappa shape index (κ3) is 4.62. The molecular formula is C12H16BrFN2O2. The van der Waals surface area contributed by atoms with Crippen LogP contribution >= 0.6 is 15.9 Å². The average molecular weight is 319 g/mol. The molecule has 1 unspecified atom stereocenters. The van der Waals surface area contributed by atoms with Gasteiger partial charge in [-0.15, -0.1) is 0 Å². The monoisotopic (exact) mass is 318 g/mol. The maximum atomic E-state index is 13.4. The zero-order valence-corrected chi connectivity index (χ0v) is 11.9. The maximum absolute atomic E-state index is 13.4. The lowest BCUT2D eigenvalue weighted by Gasteiger charge is -2.19. The molecule has 0 saturated heterocycles. The van der Waals surface area contributed by atoms with E-state index in [4.69, 9.17) is 5.11 Å². The molecule has 0 aliphatic heterocycles. The lowest BCUT2D eigenvalue weighted by atomic mass is 10.3. The fourth-order valence-electron chi connectivity index (χ4n) is 1.29. The molecule has 6 heteroatoms. The van der Waals surface area contributed by atoms with E-state index < -0.39 is 18.0 Å². The zero-order valence-electron chi connectivity index (χ0n) is 10.3. The first kappa shape index (κ1) is 14.9. The number of aliphatic hydroxyl groups excluding tert-OH is 1. The van der Waals surface area contributed by atoms with Gasteiger partial charge in [-0.1, -0.05) is 15.9 Å². The lowest BCUT2D eigenvalue weighted by molar-refractivity contribution is 0.167. The third-order valence-electron chi connectivity index (χ3n) is 2.40. The minimum Gasteiger partial charge on any atom is -0.393 e. The largest absolute Gasteiger partial charge is 0.393 e. The molecule has 0 heterocycles. The van der Waals surface area contributed by atoms with Crippen molar-refractivity contribution in [1.82, 2.24) is 4.90 Å². The van der Waals surface area contributed by atoms with Gasteiger partial charge in [-0.2, -0.15) is 0 Å². The number of rotatable bonds is 4. The summed E-state index contributed by atoms with van der Waals surface area (Å²) in [5.74, 6) is -0.490. The number of benzene rings is 1. The summed E-state index contributed by atoms with van der Waals surface area (Å²) in [4.78, 5) is 13.1. The van der Waals surface area contributed by atoms with Gasteiger partial charge in [0.05, 0.1) is 11.8 Å². The Balaban J connectivity index is 2.61. The number of hydrogen-bond donors (Lipinski definition) is 2.